The van der Waals surface area contributed by atoms with E-state index < -0.39 is 17.2 Å². The van der Waals surface area contributed by atoms with Crippen LogP contribution in [0.2, 0.25) is 0 Å². The Morgan fingerprint density at radius 1 is 1.20 bits per heavy atom. The zero-order valence-electron chi connectivity index (χ0n) is 11.5. The Morgan fingerprint density at radius 3 is 2.20 bits per heavy atom. The number of nitrogens with two attached hydrogens (primary N) is 1. The van der Waals surface area contributed by atoms with Crippen molar-refractivity contribution in [3.63, 3.8) is 0 Å². The van der Waals surface area contributed by atoms with Crippen LogP contribution in [0.3, 0.4) is 0 Å². The third-order valence-corrected chi connectivity index (χ3v) is 4.08. The molecule has 0 atom stereocenters. The smallest absolute Gasteiger partial charge is 0.416 e. The number of hydrogen-bond donors (Lipinski definition) is 1. The summed E-state index contributed by atoms with van der Waals surface area (Å²) in [5, 5.41) is 0. The van der Waals surface area contributed by atoms with Crippen molar-refractivity contribution in [2.75, 3.05) is 20.8 Å². The van der Waals surface area contributed by atoms with Crippen molar-refractivity contribution in [1.29, 1.82) is 0 Å². The molecule has 0 amide bonds. The van der Waals surface area contributed by atoms with Gasteiger partial charge in [0.15, 0.2) is 11.5 Å². The first-order valence-electron chi connectivity index (χ1n) is 6.42. The molecule has 1 aliphatic carbocycles. The van der Waals surface area contributed by atoms with E-state index in [4.69, 9.17) is 15.2 Å². The largest absolute Gasteiger partial charge is 0.493 e. The second-order valence-electron chi connectivity index (χ2n) is 5.06. The summed E-state index contributed by atoms with van der Waals surface area (Å²) < 4.78 is 50.2. The summed E-state index contributed by atoms with van der Waals surface area (Å²) in [6, 6.07) is 2.33. The summed E-state index contributed by atoms with van der Waals surface area (Å²) in [6.45, 7) is 0.166. The summed E-state index contributed by atoms with van der Waals surface area (Å²) in [5.74, 6) is 0.447. The third kappa shape index (κ3) is 2.22. The van der Waals surface area contributed by atoms with Crippen LogP contribution in [0.4, 0.5) is 13.2 Å². The molecule has 1 aromatic carbocycles. The summed E-state index contributed by atoms with van der Waals surface area (Å²) in [4.78, 5) is 0. The van der Waals surface area contributed by atoms with Crippen molar-refractivity contribution in [2.45, 2.75) is 30.9 Å². The Morgan fingerprint density at radius 2 is 1.85 bits per heavy atom. The SMILES string of the molecule is COc1ccc(C(F)(F)F)c(C2(CN)CCC2)c1OC. The van der Waals surface area contributed by atoms with Gasteiger partial charge in [-0.15, -0.1) is 0 Å². The number of alkyl halides is 3. The van der Waals surface area contributed by atoms with Crippen LogP contribution in [-0.4, -0.2) is 20.8 Å². The predicted molar refractivity (Wildman–Crippen MR) is 69.1 cm³/mol. The monoisotopic (exact) mass is 289 g/mol. The lowest BCUT2D eigenvalue weighted by atomic mass is 9.63. The molecule has 1 saturated carbocycles. The molecule has 0 spiro atoms. The lowest BCUT2D eigenvalue weighted by Crippen LogP contribution is -2.43. The van der Waals surface area contributed by atoms with Gasteiger partial charge in [0.1, 0.15) is 0 Å². The molecule has 6 heteroatoms. The van der Waals surface area contributed by atoms with Crippen LogP contribution in [0.25, 0.3) is 0 Å². The molecule has 0 unspecified atom stereocenters. The van der Waals surface area contributed by atoms with Crippen molar-refractivity contribution >= 4 is 0 Å². The van der Waals surface area contributed by atoms with Gasteiger partial charge in [-0.3, -0.25) is 0 Å². The Balaban J connectivity index is 2.71. The number of halogens is 3. The highest BCUT2D eigenvalue weighted by Crippen LogP contribution is 2.53. The number of methoxy groups -OCH3 is 2. The molecule has 0 heterocycles. The molecule has 2 rings (SSSR count). The Labute approximate surface area is 115 Å². The molecule has 1 fully saturated rings. The molecule has 2 N–H and O–H groups in total. The summed E-state index contributed by atoms with van der Waals surface area (Å²) >= 11 is 0. The number of rotatable bonds is 4. The van der Waals surface area contributed by atoms with Crippen molar-refractivity contribution in [1.82, 2.24) is 0 Å². The van der Waals surface area contributed by atoms with Gasteiger partial charge >= 0.3 is 6.18 Å². The Hall–Kier alpha value is -1.43. The summed E-state index contributed by atoms with van der Waals surface area (Å²) in [5.41, 5.74) is 4.56. The van der Waals surface area contributed by atoms with Crippen LogP contribution in [0.1, 0.15) is 30.4 Å². The molecule has 1 aromatic rings. The second kappa shape index (κ2) is 5.16. The number of ether oxygens (including phenoxy) is 2. The van der Waals surface area contributed by atoms with Crippen molar-refractivity contribution in [3.8, 4) is 11.5 Å². The lowest BCUT2D eigenvalue weighted by molar-refractivity contribution is -0.139. The van der Waals surface area contributed by atoms with E-state index in [9.17, 15) is 13.2 Å². The van der Waals surface area contributed by atoms with Crippen LogP contribution in [0.15, 0.2) is 12.1 Å². The summed E-state index contributed by atoms with van der Waals surface area (Å²) in [6.07, 6.45) is -2.30. The first-order valence-corrected chi connectivity index (χ1v) is 6.42. The first-order chi connectivity index (χ1) is 9.39. The van der Waals surface area contributed by atoms with Crippen molar-refractivity contribution in [2.24, 2.45) is 5.73 Å². The Kier molecular flexibility index (Phi) is 3.86. The van der Waals surface area contributed by atoms with Crippen LogP contribution >= 0.6 is 0 Å². The maximum absolute atomic E-state index is 13.3. The van der Waals surface area contributed by atoms with E-state index in [-0.39, 0.29) is 17.9 Å². The topological polar surface area (TPSA) is 44.5 Å². The fourth-order valence-corrected chi connectivity index (χ4v) is 2.85. The summed E-state index contributed by atoms with van der Waals surface area (Å²) in [7, 11) is 2.76. The molecule has 1 aliphatic rings. The van der Waals surface area contributed by atoms with Crippen LogP contribution in [0, 0.1) is 0 Å². The number of hydrogen-bond acceptors (Lipinski definition) is 3. The second-order valence-corrected chi connectivity index (χ2v) is 5.06. The standard InChI is InChI=1S/C14H18F3NO2/c1-19-10-5-4-9(14(15,16)17)11(12(10)20-2)13(8-18)6-3-7-13/h4-5H,3,6-8,18H2,1-2H3. The Bertz CT molecular complexity index is 490. The van der Waals surface area contributed by atoms with Gasteiger partial charge in [-0.1, -0.05) is 6.42 Å². The molecule has 112 valence electrons. The van der Waals surface area contributed by atoms with Crippen molar-refractivity contribution in [3.05, 3.63) is 23.3 Å². The van der Waals surface area contributed by atoms with E-state index in [0.717, 1.165) is 12.5 Å². The molecule has 3 nitrogen and oxygen atoms in total. The van der Waals surface area contributed by atoms with E-state index in [1.807, 2.05) is 0 Å². The highest BCUT2D eigenvalue weighted by molar-refractivity contribution is 5.56. The minimum atomic E-state index is -4.44. The molecule has 0 bridgehead atoms. The minimum absolute atomic E-state index is 0.139. The van der Waals surface area contributed by atoms with Gasteiger partial charge in [0.2, 0.25) is 0 Å². The number of benzene rings is 1. The van der Waals surface area contributed by atoms with E-state index in [2.05, 4.69) is 0 Å². The maximum atomic E-state index is 13.3. The highest BCUT2D eigenvalue weighted by Gasteiger charge is 2.47. The zero-order chi connectivity index (χ0) is 15.0. The highest BCUT2D eigenvalue weighted by atomic mass is 19.4. The molecule has 0 radical (unpaired) electrons. The van der Waals surface area contributed by atoms with E-state index in [1.165, 1.54) is 20.3 Å². The fraction of sp³-hybridized carbons (Fsp3) is 0.571. The molecular weight excluding hydrogens is 271 g/mol. The van der Waals surface area contributed by atoms with Crippen LogP contribution < -0.4 is 15.2 Å². The van der Waals surface area contributed by atoms with Crippen molar-refractivity contribution < 1.29 is 22.6 Å². The molecular formula is C14H18F3NO2. The third-order valence-electron chi connectivity index (χ3n) is 4.08. The van der Waals surface area contributed by atoms with Gasteiger partial charge in [0.05, 0.1) is 19.8 Å². The van der Waals surface area contributed by atoms with Gasteiger partial charge in [0.25, 0.3) is 0 Å². The molecule has 0 aliphatic heterocycles. The quantitative estimate of drug-likeness (QED) is 0.926. The normalized spacial score (nSPS) is 17.5. The van der Waals surface area contributed by atoms with E-state index in [1.54, 1.807) is 0 Å². The maximum Gasteiger partial charge on any atom is 0.416 e. The van der Waals surface area contributed by atoms with Gasteiger partial charge in [-0.05, 0) is 25.0 Å². The predicted octanol–water partition coefficient (Wildman–Crippen LogP) is 3.10. The van der Waals surface area contributed by atoms with Gasteiger partial charge in [0, 0.05) is 17.5 Å². The van der Waals surface area contributed by atoms with Crippen LogP contribution in [-0.2, 0) is 11.6 Å². The fourth-order valence-electron chi connectivity index (χ4n) is 2.85. The van der Waals surface area contributed by atoms with Gasteiger partial charge < -0.3 is 15.2 Å². The average Bonchev–Trinajstić information content (AvgIpc) is 2.36. The molecule has 0 saturated heterocycles. The molecule has 20 heavy (non-hydrogen) atoms. The zero-order valence-corrected chi connectivity index (χ0v) is 11.5. The first kappa shape index (κ1) is 15.0. The van der Waals surface area contributed by atoms with E-state index in [0.29, 0.717) is 18.6 Å². The molecule has 0 aromatic heterocycles. The lowest BCUT2D eigenvalue weighted by Gasteiger charge is -2.43. The average molecular weight is 289 g/mol. The van der Waals surface area contributed by atoms with Gasteiger partial charge in [-0.2, -0.15) is 13.2 Å². The van der Waals surface area contributed by atoms with Gasteiger partial charge in [-0.25, -0.2) is 0 Å². The van der Waals surface area contributed by atoms with E-state index >= 15 is 0 Å². The minimum Gasteiger partial charge on any atom is -0.493 e. The van der Waals surface area contributed by atoms with Crippen LogP contribution in [0.5, 0.6) is 11.5 Å².